The molecule has 0 radical (unpaired) electrons. The van der Waals surface area contributed by atoms with Crippen LogP contribution in [0.25, 0.3) is 0 Å². The highest BCUT2D eigenvalue weighted by Crippen LogP contribution is 2.63. The normalized spacial score (nSPS) is 29.1. The summed E-state index contributed by atoms with van der Waals surface area (Å²) in [6.45, 7) is 8.42. The summed E-state index contributed by atoms with van der Waals surface area (Å²) < 4.78 is 1.98. The van der Waals surface area contributed by atoms with E-state index in [4.69, 9.17) is 5.73 Å². The second-order valence-corrected chi connectivity index (χ2v) is 4.77. The lowest BCUT2D eigenvalue weighted by atomic mass is 10.1. The van der Waals surface area contributed by atoms with Gasteiger partial charge in [0.1, 0.15) is 0 Å². The van der Waals surface area contributed by atoms with Gasteiger partial charge in [0.25, 0.3) is 0 Å². The van der Waals surface area contributed by atoms with Crippen LogP contribution in [0.1, 0.15) is 32.3 Å². The molecule has 0 saturated heterocycles. The maximum absolute atomic E-state index is 5.75. The van der Waals surface area contributed by atoms with Gasteiger partial charge < -0.3 is 5.73 Å². The van der Waals surface area contributed by atoms with E-state index in [9.17, 15) is 0 Å². The number of hydrogen-bond donors (Lipinski definition) is 1. The molecule has 0 unspecified atom stereocenters. The fourth-order valence-corrected chi connectivity index (χ4v) is 2.56. The van der Waals surface area contributed by atoms with Crippen molar-refractivity contribution in [2.75, 3.05) is 6.54 Å². The summed E-state index contributed by atoms with van der Waals surface area (Å²) in [5.74, 6) is 1.25. The standard InChI is InChI=1S/C11H19N3/c1-4-14-7-8(6-13-14)10-9(5-12)11(10,2)3/h6-7,9-10H,4-5,12H2,1-3H3/t9-,10-/m0/s1. The molecule has 3 nitrogen and oxygen atoms in total. The van der Waals surface area contributed by atoms with Crippen LogP contribution in [-0.2, 0) is 6.54 Å². The lowest BCUT2D eigenvalue weighted by Gasteiger charge is -1.98. The molecule has 1 fully saturated rings. The van der Waals surface area contributed by atoms with Gasteiger partial charge in [-0.2, -0.15) is 5.10 Å². The van der Waals surface area contributed by atoms with E-state index in [0.29, 0.717) is 17.3 Å². The minimum Gasteiger partial charge on any atom is -0.330 e. The highest BCUT2D eigenvalue weighted by molar-refractivity contribution is 5.28. The molecule has 78 valence electrons. The molecule has 0 aliphatic heterocycles. The Morgan fingerprint density at radius 2 is 2.29 bits per heavy atom. The first-order valence-corrected chi connectivity index (χ1v) is 5.33. The van der Waals surface area contributed by atoms with E-state index in [0.717, 1.165) is 13.1 Å². The van der Waals surface area contributed by atoms with Gasteiger partial charge in [0.05, 0.1) is 6.20 Å². The van der Waals surface area contributed by atoms with Crippen molar-refractivity contribution in [3.8, 4) is 0 Å². The maximum atomic E-state index is 5.75. The molecular formula is C11H19N3. The Morgan fingerprint density at radius 1 is 1.57 bits per heavy atom. The molecular weight excluding hydrogens is 174 g/mol. The minimum atomic E-state index is 0.371. The van der Waals surface area contributed by atoms with Crippen LogP contribution in [0.15, 0.2) is 12.4 Å². The van der Waals surface area contributed by atoms with Crippen LogP contribution in [0.3, 0.4) is 0 Å². The number of nitrogens with two attached hydrogens (primary N) is 1. The molecule has 2 atom stereocenters. The van der Waals surface area contributed by atoms with Crippen LogP contribution < -0.4 is 5.73 Å². The molecule has 0 aromatic carbocycles. The zero-order valence-electron chi connectivity index (χ0n) is 9.20. The van der Waals surface area contributed by atoms with Crippen LogP contribution >= 0.6 is 0 Å². The van der Waals surface area contributed by atoms with E-state index in [2.05, 4.69) is 32.1 Å². The van der Waals surface area contributed by atoms with Gasteiger partial charge in [0, 0.05) is 12.7 Å². The number of hydrogen-bond acceptors (Lipinski definition) is 2. The predicted molar refractivity (Wildman–Crippen MR) is 57.0 cm³/mol. The van der Waals surface area contributed by atoms with E-state index < -0.39 is 0 Å². The quantitative estimate of drug-likeness (QED) is 0.792. The SMILES string of the molecule is CCn1cc([C@H]2[C@H](CN)C2(C)C)cn1. The first kappa shape index (κ1) is 9.71. The number of aromatic nitrogens is 2. The third-order valence-corrected chi connectivity index (χ3v) is 3.64. The van der Waals surface area contributed by atoms with E-state index in [-0.39, 0.29) is 0 Å². The molecule has 0 bridgehead atoms. The lowest BCUT2D eigenvalue weighted by Crippen LogP contribution is -2.05. The van der Waals surface area contributed by atoms with Crippen LogP contribution in [0.5, 0.6) is 0 Å². The zero-order valence-corrected chi connectivity index (χ0v) is 9.20. The van der Waals surface area contributed by atoms with Gasteiger partial charge in [0.2, 0.25) is 0 Å². The second kappa shape index (κ2) is 3.09. The van der Waals surface area contributed by atoms with Gasteiger partial charge in [-0.1, -0.05) is 13.8 Å². The van der Waals surface area contributed by atoms with Crippen molar-refractivity contribution >= 4 is 0 Å². The first-order valence-electron chi connectivity index (χ1n) is 5.33. The zero-order chi connectivity index (χ0) is 10.3. The van der Waals surface area contributed by atoms with E-state index >= 15 is 0 Å². The average Bonchev–Trinajstić information content (AvgIpc) is 2.55. The van der Waals surface area contributed by atoms with Crippen LogP contribution in [0, 0.1) is 11.3 Å². The third-order valence-electron chi connectivity index (χ3n) is 3.64. The van der Waals surface area contributed by atoms with E-state index in [1.54, 1.807) is 0 Å². The van der Waals surface area contributed by atoms with Crippen LogP contribution in [0.4, 0.5) is 0 Å². The summed E-state index contributed by atoms with van der Waals surface area (Å²) in [7, 11) is 0. The topological polar surface area (TPSA) is 43.8 Å². The molecule has 1 saturated carbocycles. The van der Waals surface area contributed by atoms with Crippen molar-refractivity contribution < 1.29 is 0 Å². The molecule has 1 aliphatic carbocycles. The monoisotopic (exact) mass is 193 g/mol. The van der Waals surface area contributed by atoms with Gasteiger partial charge >= 0.3 is 0 Å². The molecule has 1 heterocycles. The van der Waals surface area contributed by atoms with Crippen molar-refractivity contribution in [2.24, 2.45) is 17.1 Å². The van der Waals surface area contributed by atoms with Crippen LogP contribution in [0.2, 0.25) is 0 Å². The maximum Gasteiger partial charge on any atom is 0.0524 e. The predicted octanol–water partition coefficient (Wildman–Crippen LogP) is 1.60. The summed E-state index contributed by atoms with van der Waals surface area (Å²) in [5.41, 5.74) is 7.47. The number of aryl methyl sites for hydroxylation is 1. The van der Waals surface area contributed by atoms with Gasteiger partial charge in [0.15, 0.2) is 0 Å². The van der Waals surface area contributed by atoms with Gasteiger partial charge in [-0.05, 0) is 36.3 Å². The van der Waals surface area contributed by atoms with Gasteiger partial charge in [-0.25, -0.2) is 0 Å². The van der Waals surface area contributed by atoms with Crippen molar-refractivity contribution in [2.45, 2.75) is 33.2 Å². The Kier molecular flexibility index (Phi) is 2.14. The van der Waals surface area contributed by atoms with E-state index in [1.165, 1.54) is 5.56 Å². The Labute approximate surface area is 85.3 Å². The van der Waals surface area contributed by atoms with Gasteiger partial charge in [-0.15, -0.1) is 0 Å². The highest BCUT2D eigenvalue weighted by atomic mass is 15.3. The van der Waals surface area contributed by atoms with Crippen molar-refractivity contribution in [1.29, 1.82) is 0 Å². The summed E-state index contributed by atoms with van der Waals surface area (Å²) in [4.78, 5) is 0. The Hall–Kier alpha value is -0.830. The van der Waals surface area contributed by atoms with Crippen molar-refractivity contribution in [3.05, 3.63) is 18.0 Å². The van der Waals surface area contributed by atoms with Crippen molar-refractivity contribution in [3.63, 3.8) is 0 Å². The summed E-state index contributed by atoms with van der Waals surface area (Å²) >= 11 is 0. The molecule has 2 N–H and O–H groups in total. The average molecular weight is 193 g/mol. The van der Waals surface area contributed by atoms with E-state index in [1.807, 2.05) is 10.9 Å². The molecule has 1 aromatic heterocycles. The second-order valence-electron chi connectivity index (χ2n) is 4.77. The molecule has 1 aliphatic rings. The Morgan fingerprint density at radius 3 is 2.71 bits per heavy atom. The Bertz CT molecular complexity index is 327. The molecule has 3 heteroatoms. The summed E-state index contributed by atoms with van der Waals surface area (Å²) in [5, 5.41) is 4.31. The molecule has 0 amide bonds. The molecule has 14 heavy (non-hydrogen) atoms. The number of rotatable bonds is 3. The van der Waals surface area contributed by atoms with Crippen molar-refractivity contribution in [1.82, 2.24) is 9.78 Å². The van der Waals surface area contributed by atoms with Gasteiger partial charge in [-0.3, -0.25) is 4.68 Å². The summed E-state index contributed by atoms with van der Waals surface area (Å²) in [6, 6.07) is 0. The fourth-order valence-electron chi connectivity index (χ4n) is 2.56. The van der Waals surface area contributed by atoms with Crippen LogP contribution in [-0.4, -0.2) is 16.3 Å². The first-order chi connectivity index (χ1) is 6.61. The number of nitrogens with zero attached hydrogens (tertiary/aromatic N) is 2. The third kappa shape index (κ3) is 1.27. The molecule has 2 rings (SSSR count). The molecule has 1 aromatic rings. The smallest absolute Gasteiger partial charge is 0.0524 e. The molecule has 0 spiro atoms. The lowest BCUT2D eigenvalue weighted by molar-refractivity contribution is 0.558. The summed E-state index contributed by atoms with van der Waals surface area (Å²) in [6.07, 6.45) is 4.15. The largest absolute Gasteiger partial charge is 0.330 e. The highest BCUT2D eigenvalue weighted by Gasteiger charge is 2.57. The Balaban J connectivity index is 2.18. The fraction of sp³-hybridized carbons (Fsp3) is 0.727. The minimum absolute atomic E-state index is 0.371.